The lowest BCUT2D eigenvalue weighted by Crippen LogP contribution is -2.36. The molecular formula is C18H20N2O5S. The summed E-state index contributed by atoms with van der Waals surface area (Å²) in [5, 5.41) is 12.3. The van der Waals surface area contributed by atoms with Crippen molar-refractivity contribution in [2.24, 2.45) is 0 Å². The van der Waals surface area contributed by atoms with Gasteiger partial charge in [0.05, 0.1) is 35.6 Å². The minimum absolute atomic E-state index is 0.00240. The lowest BCUT2D eigenvalue weighted by atomic mass is 10.1. The third kappa shape index (κ3) is 3.57. The van der Waals surface area contributed by atoms with E-state index in [1.807, 2.05) is 12.1 Å². The highest BCUT2D eigenvalue weighted by atomic mass is 32.2. The molecule has 0 bridgehead atoms. The van der Waals surface area contributed by atoms with Crippen LogP contribution >= 0.6 is 0 Å². The fourth-order valence-electron chi connectivity index (χ4n) is 2.78. The van der Waals surface area contributed by atoms with Crippen molar-refractivity contribution in [3.05, 3.63) is 53.4 Å². The smallest absolute Gasteiger partial charge is 0.341 e. The summed E-state index contributed by atoms with van der Waals surface area (Å²) in [7, 11) is -0.426. The summed E-state index contributed by atoms with van der Waals surface area (Å²) >= 11 is 0. The number of likely N-dealkylation sites (N-methyl/N-ethyl adjacent to an activating group) is 1. The summed E-state index contributed by atoms with van der Waals surface area (Å²) in [4.78, 5) is 12.8. The van der Waals surface area contributed by atoms with Crippen LogP contribution in [-0.2, 0) is 14.6 Å². The zero-order chi connectivity index (χ0) is 19.1. The minimum Gasteiger partial charge on any atom is -0.633 e. The van der Waals surface area contributed by atoms with Crippen LogP contribution in [0.15, 0.2) is 47.5 Å². The third-order valence-corrected chi connectivity index (χ3v) is 5.20. The van der Waals surface area contributed by atoms with Gasteiger partial charge in [0, 0.05) is 17.8 Å². The number of pyridine rings is 1. The van der Waals surface area contributed by atoms with E-state index < -0.39 is 20.5 Å². The topological polar surface area (TPSA) is 87.9 Å². The fraction of sp³-hybridized carbons (Fsp3) is 0.278. The number of hydroxylamine groups is 3. The lowest BCUT2D eigenvalue weighted by Gasteiger charge is -2.33. The Hall–Kier alpha value is -2.42. The highest BCUT2D eigenvalue weighted by Crippen LogP contribution is 2.28. The molecular weight excluding hydrogens is 356 g/mol. The predicted molar refractivity (Wildman–Crippen MR) is 98.6 cm³/mol. The molecule has 0 saturated heterocycles. The summed E-state index contributed by atoms with van der Waals surface area (Å²) in [5.74, 6) is -0.538. The summed E-state index contributed by atoms with van der Waals surface area (Å²) in [6, 6.07) is 10.3. The molecule has 0 aliphatic rings. The molecule has 0 atom stereocenters. The number of fused-ring (bicyclic) bond motifs is 3. The van der Waals surface area contributed by atoms with Gasteiger partial charge in [-0.1, -0.05) is 18.2 Å². The number of sulfone groups is 1. The highest BCUT2D eigenvalue weighted by molar-refractivity contribution is 7.90. The molecule has 0 aliphatic carbocycles. The average molecular weight is 376 g/mol. The Balaban J connectivity index is 2.10. The molecule has 138 valence electrons. The van der Waals surface area contributed by atoms with Crippen molar-refractivity contribution < 1.29 is 22.6 Å². The SMILES string of the molecule is C[N+](C)([O-])CCOC(=O)c1c2ccccc2n2cc(S(C)(=O)=O)ccc12. The van der Waals surface area contributed by atoms with Gasteiger partial charge in [-0.2, -0.15) is 0 Å². The van der Waals surface area contributed by atoms with Crippen LogP contribution in [0.1, 0.15) is 10.4 Å². The Bertz CT molecular complexity index is 1090. The Kier molecular flexibility index (Phi) is 4.51. The van der Waals surface area contributed by atoms with E-state index in [4.69, 9.17) is 4.74 Å². The maximum absolute atomic E-state index is 12.6. The number of para-hydroxylation sites is 1. The van der Waals surface area contributed by atoms with Crippen LogP contribution in [0.4, 0.5) is 0 Å². The first-order valence-electron chi connectivity index (χ1n) is 8.02. The van der Waals surface area contributed by atoms with Crippen LogP contribution in [0.2, 0.25) is 0 Å². The Morgan fingerprint density at radius 2 is 1.85 bits per heavy atom. The second kappa shape index (κ2) is 6.39. The number of quaternary nitrogens is 1. The number of carbonyl (C=O) groups excluding carboxylic acids is 1. The molecule has 0 unspecified atom stereocenters. The van der Waals surface area contributed by atoms with Crippen LogP contribution in [0, 0.1) is 5.21 Å². The number of aromatic nitrogens is 1. The molecule has 2 heterocycles. The number of benzene rings is 1. The first kappa shape index (κ1) is 18.4. The highest BCUT2D eigenvalue weighted by Gasteiger charge is 2.21. The van der Waals surface area contributed by atoms with E-state index in [0.29, 0.717) is 22.0 Å². The first-order valence-corrected chi connectivity index (χ1v) is 9.91. The van der Waals surface area contributed by atoms with Gasteiger partial charge < -0.3 is 19.0 Å². The Morgan fingerprint density at radius 1 is 1.15 bits per heavy atom. The van der Waals surface area contributed by atoms with Crippen LogP contribution in [0.25, 0.3) is 16.4 Å². The van der Waals surface area contributed by atoms with Gasteiger partial charge in [-0.15, -0.1) is 0 Å². The van der Waals surface area contributed by atoms with Gasteiger partial charge in [0.1, 0.15) is 13.2 Å². The number of hydrogen-bond acceptors (Lipinski definition) is 5. The molecule has 2 aromatic heterocycles. The zero-order valence-electron chi connectivity index (χ0n) is 14.8. The summed E-state index contributed by atoms with van der Waals surface area (Å²) < 4.78 is 30.1. The molecule has 3 aromatic rings. The number of hydrogen-bond donors (Lipinski definition) is 0. The second-order valence-electron chi connectivity index (χ2n) is 6.72. The quantitative estimate of drug-likeness (QED) is 0.387. The Morgan fingerprint density at radius 3 is 2.50 bits per heavy atom. The monoisotopic (exact) mass is 376 g/mol. The number of carbonyl (C=O) groups is 1. The molecule has 3 rings (SSSR count). The molecule has 26 heavy (non-hydrogen) atoms. The molecule has 0 spiro atoms. The van der Waals surface area contributed by atoms with Crippen molar-refractivity contribution in [1.82, 2.24) is 4.40 Å². The van der Waals surface area contributed by atoms with E-state index in [0.717, 1.165) is 6.26 Å². The van der Waals surface area contributed by atoms with E-state index in [9.17, 15) is 18.4 Å². The van der Waals surface area contributed by atoms with E-state index in [1.165, 1.54) is 26.4 Å². The summed E-state index contributed by atoms with van der Waals surface area (Å²) in [6.45, 7) is 0.149. The standard InChI is InChI=1S/C18H20N2O5S/c1-20(2,22)10-11-25-18(21)17-14-6-4-5-7-15(14)19-12-13(26(3,23)24)8-9-16(17)19/h4-9,12H,10-11H2,1-3H3. The van der Waals surface area contributed by atoms with Gasteiger partial charge in [0.15, 0.2) is 9.84 Å². The molecule has 8 heteroatoms. The number of rotatable bonds is 5. The van der Waals surface area contributed by atoms with E-state index in [2.05, 4.69) is 0 Å². The van der Waals surface area contributed by atoms with Gasteiger partial charge in [-0.3, -0.25) is 0 Å². The molecule has 0 amide bonds. The van der Waals surface area contributed by atoms with Gasteiger partial charge in [0.25, 0.3) is 0 Å². The van der Waals surface area contributed by atoms with Crippen molar-refractivity contribution in [3.63, 3.8) is 0 Å². The normalized spacial score (nSPS) is 12.6. The number of ether oxygens (including phenoxy) is 1. The van der Waals surface area contributed by atoms with Crippen LogP contribution in [0.3, 0.4) is 0 Å². The molecule has 0 N–H and O–H groups in total. The molecule has 7 nitrogen and oxygen atoms in total. The average Bonchev–Trinajstić information content (AvgIpc) is 2.86. The van der Waals surface area contributed by atoms with Gasteiger partial charge >= 0.3 is 5.97 Å². The molecule has 1 aromatic carbocycles. The number of nitrogens with zero attached hydrogens (tertiary/aromatic N) is 2. The van der Waals surface area contributed by atoms with E-state index >= 15 is 0 Å². The summed E-state index contributed by atoms with van der Waals surface area (Å²) in [5.41, 5.74) is 1.62. The molecule has 0 fully saturated rings. The first-order chi connectivity index (χ1) is 12.1. The van der Waals surface area contributed by atoms with Gasteiger partial charge in [-0.05, 0) is 18.2 Å². The van der Waals surface area contributed by atoms with Crippen molar-refractivity contribution >= 4 is 32.2 Å². The van der Waals surface area contributed by atoms with Crippen LogP contribution in [0.5, 0.6) is 0 Å². The maximum Gasteiger partial charge on any atom is 0.341 e. The molecule has 0 saturated carbocycles. The fourth-order valence-corrected chi connectivity index (χ4v) is 3.39. The number of esters is 1. The Labute approximate surface area is 151 Å². The van der Waals surface area contributed by atoms with Crippen molar-refractivity contribution in [2.75, 3.05) is 33.5 Å². The van der Waals surface area contributed by atoms with Gasteiger partial charge in [0.2, 0.25) is 0 Å². The third-order valence-electron chi connectivity index (χ3n) is 4.11. The lowest BCUT2D eigenvalue weighted by molar-refractivity contribution is -0.840. The zero-order valence-corrected chi connectivity index (χ0v) is 15.6. The van der Waals surface area contributed by atoms with Crippen molar-refractivity contribution in [3.8, 4) is 0 Å². The minimum atomic E-state index is -3.38. The van der Waals surface area contributed by atoms with Gasteiger partial charge in [-0.25, -0.2) is 13.2 Å². The maximum atomic E-state index is 12.6. The predicted octanol–water partition coefficient (Wildman–Crippen LogP) is 2.23. The molecule has 0 radical (unpaired) electrons. The largest absolute Gasteiger partial charge is 0.633 e. The second-order valence-corrected chi connectivity index (χ2v) is 8.73. The van der Waals surface area contributed by atoms with Crippen LogP contribution in [-0.4, -0.2) is 56.9 Å². The molecule has 0 aliphatic heterocycles. The van der Waals surface area contributed by atoms with E-state index in [-0.39, 0.29) is 18.0 Å². The van der Waals surface area contributed by atoms with Crippen LogP contribution < -0.4 is 0 Å². The summed E-state index contributed by atoms with van der Waals surface area (Å²) in [6.07, 6.45) is 2.64. The van der Waals surface area contributed by atoms with Crippen molar-refractivity contribution in [1.29, 1.82) is 0 Å². The van der Waals surface area contributed by atoms with Crippen molar-refractivity contribution in [2.45, 2.75) is 4.90 Å². The van der Waals surface area contributed by atoms with E-state index in [1.54, 1.807) is 22.6 Å².